The first-order chi connectivity index (χ1) is 17.7. The molecule has 2 aromatic rings. The molecule has 0 aliphatic carbocycles. The van der Waals surface area contributed by atoms with Gasteiger partial charge in [0.05, 0.1) is 11.6 Å². The highest BCUT2D eigenvalue weighted by Gasteiger charge is 2.32. The van der Waals surface area contributed by atoms with Gasteiger partial charge in [-0.3, -0.25) is 9.59 Å². The molecule has 0 aliphatic rings. The number of alkyl carbamates (subject to hydrolysis) is 1. The highest BCUT2D eigenvalue weighted by atomic mass is 16.6. The van der Waals surface area contributed by atoms with E-state index in [1.807, 2.05) is 0 Å². The highest BCUT2D eigenvalue weighted by Crippen LogP contribution is 2.23. The van der Waals surface area contributed by atoms with Crippen LogP contribution in [0.15, 0.2) is 42.5 Å². The summed E-state index contributed by atoms with van der Waals surface area (Å²) in [6.07, 6.45) is 2.81. The third-order valence-corrected chi connectivity index (χ3v) is 5.89. The number of rotatable bonds is 9. The molecule has 0 spiro atoms. The van der Waals surface area contributed by atoms with Gasteiger partial charge in [-0.25, -0.2) is 4.79 Å². The van der Waals surface area contributed by atoms with Gasteiger partial charge in [-0.05, 0) is 88.1 Å². The molecule has 0 aliphatic heterocycles. The average molecular weight is 521 g/mol. The summed E-state index contributed by atoms with van der Waals surface area (Å²) in [5, 5.41) is 21.6. The van der Waals surface area contributed by atoms with Gasteiger partial charge in [-0.15, -0.1) is 0 Å². The number of primary amides is 1. The fourth-order valence-corrected chi connectivity index (χ4v) is 3.91. The second-order valence-electron chi connectivity index (χ2n) is 10.2. The molecule has 0 aromatic heterocycles. The van der Waals surface area contributed by atoms with Crippen molar-refractivity contribution in [1.29, 1.82) is 5.26 Å². The number of phenols is 1. The number of nitrogens with zero attached hydrogens (tertiary/aromatic N) is 2. The van der Waals surface area contributed by atoms with Crippen LogP contribution in [-0.2, 0) is 20.7 Å². The number of ether oxygens (including phenoxy) is 1. The number of phenolic OH excluding ortho intramolecular Hbond substituents is 1. The maximum Gasteiger partial charge on any atom is 0.408 e. The Morgan fingerprint density at radius 3 is 2.24 bits per heavy atom. The second-order valence-corrected chi connectivity index (χ2v) is 10.2. The standard InChI is InChI=1S/C29H36N4O5/c1-18-14-23(34)15-19(2)24(18)16-25(32-28(37)38-29(4,5)6)27(36)33(20(3)26(31)35)13-7-8-21-9-11-22(17-30)12-10-21/h7-12,14-15,20,25,34H,13,16H2,1-6H3,(H2,31,35)(H,32,37)/b8-7+/t20-,25?/m1/s1. The molecule has 9 heteroatoms. The number of nitrogens with one attached hydrogen (secondary N) is 1. The molecule has 1 unspecified atom stereocenters. The minimum absolute atomic E-state index is 0.0446. The summed E-state index contributed by atoms with van der Waals surface area (Å²) in [5.74, 6) is -1.11. The van der Waals surface area contributed by atoms with E-state index >= 15 is 0 Å². The van der Waals surface area contributed by atoms with E-state index < -0.39 is 35.6 Å². The third kappa shape index (κ3) is 8.66. The van der Waals surface area contributed by atoms with Crippen LogP contribution in [0.25, 0.3) is 6.08 Å². The van der Waals surface area contributed by atoms with E-state index in [4.69, 9.17) is 15.7 Å². The molecule has 3 amide bonds. The summed E-state index contributed by atoms with van der Waals surface area (Å²) in [6, 6.07) is 10.1. The molecule has 0 radical (unpaired) electrons. The lowest BCUT2D eigenvalue weighted by atomic mass is 9.95. The number of aryl methyl sites for hydroxylation is 2. The Hall–Kier alpha value is -4.32. The van der Waals surface area contributed by atoms with E-state index in [9.17, 15) is 19.5 Å². The Kier molecular flexibility index (Phi) is 10.1. The molecule has 38 heavy (non-hydrogen) atoms. The van der Waals surface area contributed by atoms with Gasteiger partial charge in [0.2, 0.25) is 11.8 Å². The van der Waals surface area contributed by atoms with E-state index in [1.54, 1.807) is 83.2 Å². The molecular formula is C29H36N4O5. The van der Waals surface area contributed by atoms with Gasteiger partial charge in [0.15, 0.2) is 0 Å². The van der Waals surface area contributed by atoms with E-state index in [1.165, 1.54) is 11.8 Å². The van der Waals surface area contributed by atoms with Crippen molar-refractivity contribution in [3.05, 3.63) is 70.3 Å². The van der Waals surface area contributed by atoms with Crippen molar-refractivity contribution in [1.82, 2.24) is 10.2 Å². The number of hydrogen-bond donors (Lipinski definition) is 3. The van der Waals surface area contributed by atoms with Gasteiger partial charge in [0, 0.05) is 13.0 Å². The molecule has 202 valence electrons. The van der Waals surface area contributed by atoms with E-state index in [0.29, 0.717) is 5.56 Å². The van der Waals surface area contributed by atoms with Crippen molar-refractivity contribution >= 4 is 24.0 Å². The predicted molar refractivity (Wildman–Crippen MR) is 145 cm³/mol. The smallest absolute Gasteiger partial charge is 0.408 e. The van der Waals surface area contributed by atoms with Crippen molar-refractivity contribution in [2.24, 2.45) is 5.73 Å². The van der Waals surface area contributed by atoms with Crippen LogP contribution in [0.3, 0.4) is 0 Å². The summed E-state index contributed by atoms with van der Waals surface area (Å²) in [5.41, 5.74) is 8.39. The van der Waals surface area contributed by atoms with Crippen LogP contribution < -0.4 is 11.1 Å². The summed E-state index contributed by atoms with van der Waals surface area (Å²) >= 11 is 0. The quantitative estimate of drug-likeness (QED) is 0.459. The Balaban J connectivity index is 2.40. The summed E-state index contributed by atoms with van der Waals surface area (Å²) in [4.78, 5) is 40.0. The van der Waals surface area contributed by atoms with Crippen LogP contribution >= 0.6 is 0 Å². The average Bonchev–Trinajstić information content (AvgIpc) is 2.81. The zero-order valence-corrected chi connectivity index (χ0v) is 22.7. The molecule has 0 fully saturated rings. The number of carbonyl (C=O) groups excluding carboxylic acids is 3. The lowest BCUT2D eigenvalue weighted by Gasteiger charge is -2.31. The maximum absolute atomic E-state index is 13.8. The molecule has 0 heterocycles. The van der Waals surface area contributed by atoms with Crippen LogP contribution in [0.5, 0.6) is 5.75 Å². The SMILES string of the molecule is Cc1cc(O)cc(C)c1CC(NC(=O)OC(C)(C)C)C(=O)N(C/C=C/c1ccc(C#N)cc1)[C@H](C)C(N)=O. The first-order valence-electron chi connectivity index (χ1n) is 12.3. The molecule has 0 saturated carbocycles. The molecule has 0 bridgehead atoms. The Labute approximate surface area is 223 Å². The largest absolute Gasteiger partial charge is 0.508 e. The van der Waals surface area contributed by atoms with E-state index in [2.05, 4.69) is 11.4 Å². The number of hydrogen-bond acceptors (Lipinski definition) is 6. The van der Waals surface area contributed by atoms with Crippen LogP contribution in [0.4, 0.5) is 4.79 Å². The number of nitrogens with two attached hydrogens (primary N) is 1. The van der Waals surface area contributed by atoms with Crippen molar-refractivity contribution in [3.63, 3.8) is 0 Å². The molecule has 0 saturated heterocycles. The molecule has 2 rings (SSSR count). The highest BCUT2D eigenvalue weighted by molar-refractivity contribution is 5.91. The van der Waals surface area contributed by atoms with Crippen molar-refractivity contribution in [2.75, 3.05) is 6.54 Å². The summed E-state index contributed by atoms with van der Waals surface area (Å²) in [7, 11) is 0. The van der Waals surface area contributed by atoms with Gasteiger partial charge in [-0.2, -0.15) is 5.26 Å². The topological polar surface area (TPSA) is 146 Å². The van der Waals surface area contributed by atoms with Gasteiger partial charge in [0.25, 0.3) is 0 Å². The van der Waals surface area contributed by atoms with Crippen LogP contribution in [-0.4, -0.2) is 52.1 Å². The number of carbonyl (C=O) groups is 3. The number of aromatic hydroxyl groups is 1. The van der Waals surface area contributed by atoms with Gasteiger partial charge < -0.3 is 25.8 Å². The monoisotopic (exact) mass is 520 g/mol. The maximum atomic E-state index is 13.8. The van der Waals surface area contributed by atoms with Gasteiger partial charge in [0.1, 0.15) is 23.4 Å². The molecule has 9 nitrogen and oxygen atoms in total. The van der Waals surface area contributed by atoms with Crippen molar-refractivity contribution < 1.29 is 24.2 Å². The van der Waals surface area contributed by atoms with Crippen molar-refractivity contribution in [2.45, 2.75) is 65.6 Å². The minimum Gasteiger partial charge on any atom is -0.508 e. The minimum atomic E-state index is -1.07. The van der Waals surface area contributed by atoms with Gasteiger partial charge >= 0.3 is 6.09 Å². The predicted octanol–water partition coefficient (Wildman–Crippen LogP) is 3.73. The Morgan fingerprint density at radius 1 is 1.16 bits per heavy atom. The normalized spacial score (nSPS) is 12.9. The number of nitriles is 1. The Bertz CT molecular complexity index is 1220. The fourth-order valence-electron chi connectivity index (χ4n) is 3.91. The van der Waals surface area contributed by atoms with E-state index in [0.717, 1.165) is 22.3 Å². The zero-order chi connectivity index (χ0) is 28.6. The Morgan fingerprint density at radius 2 is 1.74 bits per heavy atom. The summed E-state index contributed by atoms with van der Waals surface area (Å²) < 4.78 is 5.39. The molecule has 4 N–H and O–H groups in total. The van der Waals surface area contributed by atoms with Crippen molar-refractivity contribution in [3.8, 4) is 11.8 Å². The van der Waals surface area contributed by atoms with Gasteiger partial charge in [-0.1, -0.05) is 24.3 Å². The molecule has 2 aromatic carbocycles. The summed E-state index contributed by atoms with van der Waals surface area (Å²) in [6.45, 7) is 10.3. The van der Waals surface area contributed by atoms with E-state index in [-0.39, 0.29) is 18.7 Å². The lowest BCUT2D eigenvalue weighted by Crippen LogP contribution is -2.55. The molecule has 2 atom stereocenters. The van der Waals surface area contributed by atoms with Crippen LogP contribution in [0.2, 0.25) is 0 Å². The number of amides is 3. The second kappa shape index (κ2) is 12.8. The molecular weight excluding hydrogens is 484 g/mol. The number of benzene rings is 2. The van der Waals surface area contributed by atoms with Crippen LogP contribution in [0.1, 0.15) is 55.5 Å². The van der Waals surface area contributed by atoms with Crippen LogP contribution in [0, 0.1) is 25.2 Å². The lowest BCUT2D eigenvalue weighted by molar-refractivity contribution is -0.139. The zero-order valence-electron chi connectivity index (χ0n) is 22.7. The first kappa shape index (κ1) is 29.9. The first-order valence-corrected chi connectivity index (χ1v) is 12.3. The fraction of sp³-hybridized carbons (Fsp3) is 0.379. The third-order valence-electron chi connectivity index (χ3n) is 5.89.